The van der Waals surface area contributed by atoms with E-state index < -0.39 is 0 Å². The van der Waals surface area contributed by atoms with Gasteiger partial charge in [-0.3, -0.25) is 0 Å². The molecule has 114 valence electrons. The van der Waals surface area contributed by atoms with Crippen LogP contribution >= 0.6 is 11.3 Å². The van der Waals surface area contributed by atoms with Crippen LogP contribution in [0.5, 0.6) is 0 Å². The number of benzene rings is 1. The van der Waals surface area contributed by atoms with Crippen molar-refractivity contribution in [2.75, 3.05) is 11.4 Å². The van der Waals surface area contributed by atoms with E-state index in [1.807, 2.05) is 11.3 Å². The molecule has 4 rings (SSSR count). The summed E-state index contributed by atoms with van der Waals surface area (Å²) in [5.41, 5.74) is 2.66. The fourth-order valence-electron chi connectivity index (χ4n) is 3.56. The van der Waals surface area contributed by atoms with E-state index in [0.717, 1.165) is 18.5 Å². The quantitative estimate of drug-likeness (QED) is 0.759. The number of thiazole rings is 1. The second kappa shape index (κ2) is 6.25. The van der Waals surface area contributed by atoms with E-state index in [0.29, 0.717) is 6.04 Å². The first-order chi connectivity index (χ1) is 10.9. The molecule has 1 aromatic carbocycles. The van der Waals surface area contributed by atoms with Crippen molar-refractivity contribution < 1.29 is 0 Å². The van der Waals surface area contributed by atoms with Gasteiger partial charge in [0.05, 0.1) is 10.2 Å². The number of aromatic nitrogens is 1. The zero-order valence-corrected chi connectivity index (χ0v) is 13.7. The molecule has 0 atom stereocenters. The van der Waals surface area contributed by atoms with Crippen LogP contribution in [0.3, 0.4) is 0 Å². The largest absolute Gasteiger partial charge is 0.341 e. The minimum Gasteiger partial charge on any atom is -0.341 e. The van der Waals surface area contributed by atoms with Crippen molar-refractivity contribution in [2.24, 2.45) is 0 Å². The van der Waals surface area contributed by atoms with Gasteiger partial charge in [0.25, 0.3) is 0 Å². The number of rotatable bonds is 4. The molecule has 2 nitrogen and oxygen atoms in total. The van der Waals surface area contributed by atoms with Gasteiger partial charge in [-0.05, 0) is 37.0 Å². The average molecular weight is 310 g/mol. The minimum atomic E-state index is 0.663. The molecule has 22 heavy (non-hydrogen) atoms. The van der Waals surface area contributed by atoms with Crippen molar-refractivity contribution in [3.8, 4) is 0 Å². The van der Waals surface area contributed by atoms with E-state index >= 15 is 0 Å². The highest BCUT2D eigenvalue weighted by molar-refractivity contribution is 7.22. The third kappa shape index (κ3) is 2.82. The summed E-state index contributed by atoms with van der Waals surface area (Å²) >= 11 is 1.85. The van der Waals surface area contributed by atoms with Crippen molar-refractivity contribution in [1.29, 1.82) is 0 Å². The second-order valence-corrected chi connectivity index (χ2v) is 7.35. The minimum absolute atomic E-state index is 0.663. The second-order valence-electron chi connectivity index (χ2n) is 6.34. The molecule has 0 aliphatic heterocycles. The number of para-hydroxylation sites is 1. The summed E-state index contributed by atoms with van der Waals surface area (Å²) < 4.78 is 1.30. The molecule has 3 heteroatoms. The van der Waals surface area contributed by atoms with Gasteiger partial charge >= 0.3 is 0 Å². The van der Waals surface area contributed by atoms with Gasteiger partial charge < -0.3 is 4.90 Å². The Kier molecular flexibility index (Phi) is 3.98. The molecule has 1 fully saturated rings. The Morgan fingerprint density at radius 3 is 2.77 bits per heavy atom. The third-order valence-corrected chi connectivity index (χ3v) is 5.84. The summed E-state index contributed by atoms with van der Waals surface area (Å²) in [6.45, 7) is 1.04. The number of hydrogen-bond acceptors (Lipinski definition) is 3. The van der Waals surface area contributed by atoms with Crippen LogP contribution < -0.4 is 4.90 Å². The summed E-state index contributed by atoms with van der Waals surface area (Å²) in [5.74, 6) is 0. The standard InChI is InChI=1S/C19H22N2S/c1-2-10-16(11-3-1)21(14-15-8-4-5-9-15)19-20-17-12-6-7-13-18(17)22-19/h4-8,12-13,16H,1-3,9-11,14H2. The van der Waals surface area contributed by atoms with Gasteiger partial charge in [-0.25, -0.2) is 4.98 Å². The smallest absolute Gasteiger partial charge is 0.186 e. The van der Waals surface area contributed by atoms with Crippen molar-refractivity contribution in [2.45, 2.75) is 44.6 Å². The number of nitrogens with zero attached hydrogens (tertiary/aromatic N) is 2. The fraction of sp³-hybridized carbons (Fsp3) is 0.421. The highest BCUT2D eigenvalue weighted by Gasteiger charge is 2.24. The fourth-order valence-corrected chi connectivity index (χ4v) is 4.59. The van der Waals surface area contributed by atoms with Gasteiger partial charge in [-0.15, -0.1) is 0 Å². The third-order valence-electron chi connectivity index (χ3n) is 4.77. The van der Waals surface area contributed by atoms with Gasteiger partial charge in [0, 0.05) is 12.6 Å². The maximum atomic E-state index is 4.93. The van der Waals surface area contributed by atoms with Crippen LogP contribution in [0.2, 0.25) is 0 Å². The first kappa shape index (κ1) is 14.0. The summed E-state index contributed by atoms with van der Waals surface area (Å²) in [4.78, 5) is 7.51. The van der Waals surface area contributed by atoms with E-state index in [4.69, 9.17) is 4.98 Å². The molecule has 0 bridgehead atoms. The lowest BCUT2D eigenvalue weighted by molar-refractivity contribution is 0.419. The Balaban J connectivity index is 1.65. The summed E-state index contributed by atoms with van der Waals surface area (Å²) in [6.07, 6.45) is 14.6. The van der Waals surface area contributed by atoms with Crippen molar-refractivity contribution in [3.63, 3.8) is 0 Å². The maximum Gasteiger partial charge on any atom is 0.186 e. The molecule has 0 N–H and O–H groups in total. The average Bonchev–Trinajstić information content (AvgIpc) is 3.22. The van der Waals surface area contributed by atoms with Crippen molar-refractivity contribution in [3.05, 3.63) is 48.1 Å². The van der Waals surface area contributed by atoms with Gasteiger partial charge in [0.2, 0.25) is 0 Å². The molecule has 1 heterocycles. The molecule has 0 spiro atoms. The van der Waals surface area contributed by atoms with Crippen molar-refractivity contribution in [1.82, 2.24) is 4.98 Å². The van der Waals surface area contributed by atoms with Crippen LogP contribution in [-0.2, 0) is 0 Å². The zero-order chi connectivity index (χ0) is 14.8. The molecule has 1 aromatic heterocycles. The molecule has 0 radical (unpaired) electrons. The first-order valence-electron chi connectivity index (χ1n) is 8.37. The van der Waals surface area contributed by atoms with Gasteiger partial charge in [0.1, 0.15) is 0 Å². The molecule has 2 aliphatic rings. The van der Waals surface area contributed by atoms with Gasteiger partial charge in [-0.2, -0.15) is 0 Å². The van der Waals surface area contributed by atoms with Gasteiger partial charge in [-0.1, -0.05) is 61.0 Å². The van der Waals surface area contributed by atoms with E-state index in [9.17, 15) is 0 Å². The Bertz CT molecular complexity index is 674. The number of hydrogen-bond donors (Lipinski definition) is 0. The molecule has 0 amide bonds. The SMILES string of the molecule is C1=CCC(CN(c2nc3ccccc3s2)C2CCCCC2)=C1. The lowest BCUT2D eigenvalue weighted by atomic mass is 9.94. The van der Waals surface area contributed by atoms with Crippen LogP contribution in [0.1, 0.15) is 38.5 Å². The van der Waals surface area contributed by atoms with Gasteiger partial charge in [0.15, 0.2) is 5.13 Å². The number of fused-ring (bicyclic) bond motifs is 1. The Morgan fingerprint density at radius 1 is 1.14 bits per heavy atom. The Labute approximate surface area is 136 Å². The number of anilines is 1. The molecule has 2 aromatic rings. The van der Waals surface area contributed by atoms with E-state index in [1.165, 1.54) is 47.5 Å². The topological polar surface area (TPSA) is 16.1 Å². The lowest BCUT2D eigenvalue weighted by Crippen LogP contribution is -2.38. The van der Waals surface area contributed by atoms with Crippen LogP contribution in [-0.4, -0.2) is 17.6 Å². The Morgan fingerprint density at radius 2 is 2.00 bits per heavy atom. The molecule has 0 unspecified atom stereocenters. The summed E-state index contributed by atoms with van der Waals surface area (Å²) in [7, 11) is 0. The van der Waals surface area contributed by atoms with Crippen LogP contribution in [0, 0.1) is 0 Å². The summed E-state index contributed by atoms with van der Waals surface area (Å²) in [6, 6.07) is 9.17. The highest BCUT2D eigenvalue weighted by atomic mass is 32.1. The zero-order valence-electron chi connectivity index (χ0n) is 12.9. The summed E-state index contributed by atoms with van der Waals surface area (Å²) in [5, 5.41) is 1.21. The molecule has 2 aliphatic carbocycles. The Hall–Kier alpha value is -1.61. The molecule has 0 saturated heterocycles. The lowest BCUT2D eigenvalue weighted by Gasteiger charge is -2.34. The van der Waals surface area contributed by atoms with Crippen LogP contribution in [0.25, 0.3) is 10.2 Å². The highest BCUT2D eigenvalue weighted by Crippen LogP contribution is 2.34. The normalized spacial score (nSPS) is 18.8. The van der Waals surface area contributed by atoms with E-state index in [2.05, 4.69) is 47.4 Å². The first-order valence-corrected chi connectivity index (χ1v) is 9.18. The maximum absolute atomic E-state index is 4.93. The van der Waals surface area contributed by atoms with E-state index in [1.54, 1.807) is 0 Å². The predicted octanol–water partition coefficient (Wildman–Crippen LogP) is 5.32. The molecular formula is C19H22N2S. The number of allylic oxidation sites excluding steroid dienone is 3. The molecular weight excluding hydrogens is 288 g/mol. The monoisotopic (exact) mass is 310 g/mol. The van der Waals surface area contributed by atoms with Crippen LogP contribution in [0.4, 0.5) is 5.13 Å². The van der Waals surface area contributed by atoms with E-state index in [-0.39, 0.29) is 0 Å². The van der Waals surface area contributed by atoms with Crippen LogP contribution in [0.15, 0.2) is 48.1 Å². The predicted molar refractivity (Wildman–Crippen MR) is 95.7 cm³/mol. The molecule has 1 saturated carbocycles. The van der Waals surface area contributed by atoms with Crippen molar-refractivity contribution >= 4 is 26.7 Å².